The summed E-state index contributed by atoms with van der Waals surface area (Å²) in [7, 11) is -3.89. The van der Waals surface area contributed by atoms with Gasteiger partial charge in [0, 0.05) is 12.7 Å². The second-order valence-electron chi connectivity index (χ2n) is 6.94. The molecular weight excluding hydrogens is 519 g/mol. The van der Waals surface area contributed by atoms with E-state index in [1.165, 1.54) is 17.0 Å². The van der Waals surface area contributed by atoms with Crippen molar-refractivity contribution in [1.29, 1.82) is 0 Å². The molecule has 5 N–H and O–H groups in total. The van der Waals surface area contributed by atoms with Crippen molar-refractivity contribution in [3.63, 3.8) is 0 Å². The number of primary sulfonamides is 1. The van der Waals surface area contributed by atoms with E-state index in [-0.39, 0.29) is 22.2 Å². The fraction of sp³-hybridized carbons (Fsp3) is 0.263. The highest BCUT2D eigenvalue weighted by atomic mass is 35.5. The number of urea groups is 1. The topological polar surface area (TPSA) is 172 Å². The van der Waals surface area contributed by atoms with E-state index in [2.05, 4.69) is 15.6 Å². The number of nitrogens with two attached hydrogens (primary N) is 1. The number of carboxylic acids is 1. The lowest BCUT2D eigenvalue weighted by Crippen LogP contribution is -2.45. The smallest absolute Gasteiger partial charge is 0.475 e. The number of rotatable bonds is 4. The Morgan fingerprint density at radius 2 is 1.89 bits per heavy atom. The highest BCUT2D eigenvalue weighted by Crippen LogP contribution is 2.25. The van der Waals surface area contributed by atoms with Gasteiger partial charge in [0.05, 0.1) is 22.2 Å². The van der Waals surface area contributed by atoms with Crippen LogP contribution in [0.15, 0.2) is 41.4 Å². The Balaban J connectivity index is 0.000000540. The van der Waals surface area contributed by atoms with Gasteiger partial charge in [-0.2, -0.15) is 13.2 Å². The van der Waals surface area contributed by atoms with Crippen LogP contribution in [0.4, 0.5) is 29.5 Å². The van der Waals surface area contributed by atoms with Crippen LogP contribution in [0.25, 0.3) is 0 Å². The summed E-state index contributed by atoms with van der Waals surface area (Å²) in [5.74, 6) is -2.68. The molecule has 0 saturated heterocycles. The number of fused-ring (bicyclic) bond motifs is 1. The van der Waals surface area contributed by atoms with Crippen LogP contribution in [0.5, 0.6) is 0 Å². The molecule has 0 spiro atoms. The molecular formula is C19H19ClF3N5O6S. The standard InChI is InChI=1S/C17H18ClN5O4S.C2HF3O2/c18-13-9-12(28(19,26)27)5-6-14(13)22-15(24)10-21-17(25)23-8-2-4-11-3-1-7-20-16(11)23;3-2(4,5)1(6)7/h1,3,5-7,9H,2,4,8,10H2,(H,21,25)(H,22,24)(H2,19,26,27);(H,6,7). The van der Waals surface area contributed by atoms with Crippen LogP contribution < -0.4 is 20.7 Å². The molecule has 0 saturated carbocycles. The summed E-state index contributed by atoms with van der Waals surface area (Å²) in [4.78, 5) is 39.0. The Labute approximate surface area is 202 Å². The number of carbonyl (C=O) groups excluding carboxylic acids is 2. The van der Waals surface area contributed by atoms with Gasteiger partial charge in [-0.25, -0.2) is 28.1 Å². The molecule has 3 amide bonds. The molecule has 11 nitrogen and oxygen atoms in total. The first-order valence-electron chi connectivity index (χ1n) is 9.61. The molecule has 0 radical (unpaired) electrons. The predicted octanol–water partition coefficient (Wildman–Crippen LogP) is 2.12. The summed E-state index contributed by atoms with van der Waals surface area (Å²) in [6.07, 6.45) is -1.81. The first kappa shape index (κ1) is 27.8. The van der Waals surface area contributed by atoms with Crippen molar-refractivity contribution < 1.29 is 41.1 Å². The molecule has 16 heteroatoms. The number of anilines is 2. The van der Waals surface area contributed by atoms with E-state index in [4.69, 9.17) is 26.6 Å². The van der Waals surface area contributed by atoms with Gasteiger partial charge in [-0.1, -0.05) is 17.7 Å². The lowest BCUT2D eigenvalue weighted by molar-refractivity contribution is -0.192. The van der Waals surface area contributed by atoms with Gasteiger partial charge >= 0.3 is 18.2 Å². The SMILES string of the molecule is NS(=O)(=O)c1ccc(NC(=O)CNC(=O)N2CCCc3cccnc32)c(Cl)c1.O=C(O)C(F)(F)F. The number of pyridine rings is 1. The van der Waals surface area contributed by atoms with E-state index in [1.807, 2.05) is 12.1 Å². The van der Waals surface area contributed by atoms with Gasteiger partial charge in [0.1, 0.15) is 5.82 Å². The number of benzene rings is 1. The van der Waals surface area contributed by atoms with E-state index in [1.54, 1.807) is 6.20 Å². The molecule has 1 aliphatic rings. The third-order valence-corrected chi connectivity index (χ3v) is 5.61. The summed E-state index contributed by atoms with van der Waals surface area (Å²) >= 11 is 5.98. The quantitative estimate of drug-likeness (QED) is 0.462. The summed E-state index contributed by atoms with van der Waals surface area (Å²) in [6.45, 7) is 0.225. The van der Waals surface area contributed by atoms with Crippen LogP contribution in [0.3, 0.4) is 0 Å². The first-order chi connectivity index (χ1) is 16.2. The highest BCUT2D eigenvalue weighted by molar-refractivity contribution is 7.89. The fourth-order valence-electron chi connectivity index (χ4n) is 2.82. The number of carboxylic acid groups (broad SMARTS) is 1. The summed E-state index contributed by atoms with van der Waals surface area (Å²) in [6, 6.07) is 7.01. The maximum Gasteiger partial charge on any atom is 0.490 e. The first-order valence-corrected chi connectivity index (χ1v) is 11.5. The van der Waals surface area contributed by atoms with Crippen LogP contribution in [0.1, 0.15) is 12.0 Å². The molecule has 0 fully saturated rings. The number of aryl methyl sites for hydroxylation is 1. The number of nitrogens with one attached hydrogen (secondary N) is 2. The molecule has 0 atom stereocenters. The molecule has 190 valence electrons. The average Bonchev–Trinajstić information content (AvgIpc) is 2.77. The third kappa shape index (κ3) is 8.08. The number of amides is 3. The van der Waals surface area contributed by atoms with E-state index in [9.17, 15) is 31.2 Å². The zero-order chi connectivity index (χ0) is 26.4. The van der Waals surface area contributed by atoms with Gasteiger partial charge in [-0.3, -0.25) is 9.69 Å². The number of hydrogen-bond donors (Lipinski definition) is 4. The molecule has 2 aromatic rings. The Bertz CT molecular complexity index is 1230. The molecule has 0 bridgehead atoms. The maximum atomic E-state index is 12.4. The van der Waals surface area contributed by atoms with Gasteiger partial charge in [-0.05, 0) is 42.7 Å². The van der Waals surface area contributed by atoms with Crippen LogP contribution in [-0.4, -0.2) is 55.7 Å². The Kier molecular flexibility index (Phi) is 9.00. The number of sulfonamides is 1. The molecule has 0 unspecified atom stereocenters. The van der Waals surface area contributed by atoms with Crippen molar-refractivity contribution in [2.75, 3.05) is 23.3 Å². The fourth-order valence-corrected chi connectivity index (χ4v) is 3.65. The van der Waals surface area contributed by atoms with E-state index in [0.29, 0.717) is 12.4 Å². The summed E-state index contributed by atoms with van der Waals surface area (Å²) < 4.78 is 54.4. The zero-order valence-corrected chi connectivity index (χ0v) is 19.2. The molecule has 2 heterocycles. The molecule has 0 aliphatic carbocycles. The van der Waals surface area contributed by atoms with Crippen molar-refractivity contribution in [2.24, 2.45) is 5.14 Å². The number of carbonyl (C=O) groups is 3. The van der Waals surface area contributed by atoms with Gasteiger partial charge in [-0.15, -0.1) is 0 Å². The van der Waals surface area contributed by atoms with Crippen LogP contribution >= 0.6 is 11.6 Å². The van der Waals surface area contributed by atoms with Crippen molar-refractivity contribution in [3.8, 4) is 0 Å². The highest BCUT2D eigenvalue weighted by Gasteiger charge is 2.38. The van der Waals surface area contributed by atoms with Crippen molar-refractivity contribution in [1.82, 2.24) is 10.3 Å². The van der Waals surface area contributed by atoms with Gasteiger partial charge in [0.25, 0.3) is 0 Å². The lowest BCUT2D eigenvalue weighted by Gasteiger charge is -2.28. The maximum absolute atomic E-state index is 12.4. The van der Waals surface area contributed by atoms with Crippen LogP contribution in [0.2, 0.25) is 5.02 Å². The van der Waals surface area contributed by atoms with Crippen molar-refractivity contribution in [2.45, 2.75) is 23.9 Å². The Morgan fingerprint density at radius 3 is 2.46 bits per heavy atom. The number of alkyl halides is 3. The minimum absolute atomic E-state index is 0.0142. The monoisotopic (exact) mass is 537 g/mol. The van der Waals surface area contributed by atoms with E-state index < -0.39 is 34.1 Å². The second-order valence-corrected chi connectivity index (χ2v) is 8.91. The summed E-state index contributed by atoms with van der Waals surface area (Å²) in [5, 5.41) is 17.2. The second kappa shape index (κ2) is 11.3. The summed E-state index contributed by atoms with van der Waals surface area (Å²) in [5.41, 5.74) is 1.19. The zero-order valence-electron chi connectivity index (χ0n) is 17.7. The minimum Gasteiger partial charge on any atom is -0.475 e. The van der Waals surface area contributed by atoms with E-state index in [0.717, 1.165) is 24.5 Å². The van der Waals surface area contributed by atoms with Crippen LogP contribution in [-0.2, 0) is 26.0 Å². The largest absolute Gasteiger partial charge is 0.490 e. The molecule has 1 aliphatic heterocycles. The van der Waals surface area contributed by atoms with Crippen molar-refractivity contribution >= 4 is 51.0 Å². The predicted molar refractivity (Wildman–Crippen MR) is 118 cm³/mol. The van der Waals surface area contributed by atoms with Crippen molar-refractivity contribution in [3.05, 3.63) is 47.1 Å². The average molecular weight is 538 g/mol. The Hall–Kier alpha value is -3.43. The van der Waals surface area contributed by atoms with Gasteiger partial charge < -0.3 is 15.7 Å². The van der Waals surface area contributed by atoms with Crippen LogP contribution in [0, 0.1) is 0 Å². The number of aliphatic carboxylic acids is 1. The van der Waals surface area contributed by atoms with E-state index >= 15 is 0 Å². The molecule has 1 aromatic carbocycles. The lowest BCUT2D eigenvalue weighted by atomic mass is 10.1. The number of nitrogens with zero attached hydrogens (tertiary/aromatic N) is 2. The molecule has 35 heavy (non-hydrogen) atoms. The number of aromatic nitrogens is 1. The molecule has 3 rings (SSSR count). The molecule has 1 aromatic heterocycles. The van der Waals surface area contributed by atoms with Gasteiger partial charge in [0.15, 0.2) is 0 Å². The minimum atomic E-state index is -5.08. The normalized spacial score (nSPS) is 13.1. The van der Waals surface area contributed by atoms with Gasteiger partial charge in [0.2, 0.25) is 15.9 Å². The third-order valence-electron chi connectivity index (χ3n) is 4.38. The number of halogens is 4. The Morgan fingerprint density at radius 1 is 1.23 bits per heavy atom. The number of hydrogen-bond acceptors (Lipinski definition) is 6.